The molecule has 8 heteroatoms. The van der Waals surface area contributed by atoms with Gasteiger partial charge in [-0.05, 0) is 40.6 Å². The molecule has 0 aliphatic rings. The van der Waals surface area contributed by atoms with Crippen LogP contribution in [-0.2, 0) is 16.6 Å². The fourth-order valence-electron chi connectivity index (χ4n) is 1.49. The number of carboxylic acids is 1. The maximum Gasteiger partial charge on any atom is 0.337 e. The van der Waals surface area contributed by atoms with Gasteiger partial charge in [-0.2, -0.15) is 11.3 Å². The van der Waals surface area contributed by atoms with Gasteiger partial charge in [0.05, 0.1) is 15.5 Å². The van der Waals surface area contributed by atoms with Gasteiger partial charge in [0.1, 0.15) is 0 Å². The number of hydrogen-bond donors (Lipinski definition) is 2. The Hall–Kier alpha value is -1.41. The zero-order valence-corrected chi connectivity index (χ0v) is 12.4. The molecule has 1 aromatic carbocycles. The summed E-state index contributed by atoms with van der Waals surface area (Å²) in [5.74, 6) is -1.20. The monoisotopic (exact) mass is 331 g/mol. The molecule has 0 amide bonds. The van der Waals surface area contributed by atoms with Gasteiger partial charge in [0.15, 0.2) is 0 Å². The topological polar surface area (TPSA) is 83.5 Å². The molecule has 0 spiro atoms. The average Bonchev–Trinajstić information content (AvgIpc) is 2.89. The standard InChI is InChI=1S/C12H10ClNO4S2/c13-11-5-9(1-2-10(11)12(15)16)20(17,18)14-6-8-3-4-19-7-8/h1-5,7,14H,6H2,(H,15,16). The van der Waals surface area contributed by atoms with Gasteiger partial charge < -0.3 is 5.11 Å². The van der Waals surface area contributed by atoms with E-state index in [0.717, 1.165) is 11.6 Å². The molecule has 0 atom stereocenters. The molecule has 0 saturated carbocycles. The molecule has 2 aromatic rings. The number of carbonyl (C=O) groups is 1. The Morgan fingerprint density at radius 2 is 2.10 bits per heavy atom. The lowest BCUT2D eigenvalue weighted by Gasteiger charge is -2.07. The van der Waals surface area contributed by atoms with E-state index in [4.69, 9.17) is 16.7 Å². The molecule has 106 valence electrons. The Morgan fingerprint density at radius 1 is 1.35 bits per heavy atom. The first-order chi connectivity index (χ1) is 9.40. The summed E-state index contributed by atoms with van der Waals surface area (Å²) >= 11 is 7.23. The van der Waals surface area contributed by atoms with Crippen LogP contribution < -0.4 is 4.72 Å². The third-order valence-corrected chi connectivity index (χ3v) is 4.97. The van der Waals surface area contributed by atoms with Crippen molar-refractivity contribution in [3.63, 3.8) is 0 Å². The summed E-state index contributed by atoms with van der Waals surface area (Å²) in [6.45, 7) is 0.171. The van der Waals surface area contributed by atoms with Crippen LogP contribution in [0.4, 0.5) is 0 Å². The lowest BCUT2D eigenvalue weighted by molar-refractivity contribution is 0.0697. The van der Waals surface area contributed by atoms with Crippen LogP contribution in [-0.4, -0.2) is 19.5 Å². The van der Waals surface area contributed by atoms with Crippen molar-refractivity contribution in [1.29, 1.82) is 0 Å². The van der Waals surface area contributed by atoms with Crippen LogP contribution in [0.3, 0.4) is 0 Å². The zero-order valence-electron chi connectivity index (χ0n) is 10.0. The van der Waals surface area contributed by atoms with E-state index in [2.05, 4.69) is 4.72 Å². The van der Waals surface area contributed by atoms with E-state index in [1.54, 1.807) is 0 Å². The van der Waals surface area contributed by atoms with Crippen molar-refractivity contribution in [2.45, 2.75) is 11.4 Å². The molecule has 0 aliphatic heterocycles. The van der Waals surface area contributed by atoms with Crippen LogP contribution in [0.15, 0.2) is 39.9 Å². The molecule has 0 aliphatic carbocycles. The molecular formula is C12H10ClNO4S2. The quantitative estimate of drug-likeness (QED) is 0.882. The van der Waals surface area contributed by atoms with Crippen LogP contribution in [0.2, 0.25) is 5.02 Å². The van der Waals surface area contributed by atoms with Gasteiger partial charge in [0, 0.05) is 6.54 Å². The molecular weight excluding hydrogens is 322 g/mol. The first kappa shape index (κ1) is 15.0. The van der Waals surface area contributed by atoms with Crippen molar-refractivity contribution < 1.29 is 18.3 Å². The molecule has 1 aromatic heterocycles. The van der Waals surface area contributed by atoms with Crippen molar-refractivity contribution in [3.05, 3.63) is 51.2 Å². The Morgan fingerprint density at radius 3 is 2.65 bits per heavy atom. The maximum absolute atomic E-state index is 12.0. The second kappa shape index (κ2) is 5.92. The third kappa shape index (κ3) is 3.37. The van der Waals surface area contributed by atoms with Crippen LogP contribution in [0.1, 0.15) is 15.9 Å². The molecule has 2 rings (SSSR count). The average molecular weight is 332 g/mol. The van der Waals surface area contributed by atoms with Crippen molar-refractivity contribution in [1.82, 2.24) is 4.72 Å². The van der Waals surface area contributed by atoms with E-state index in [-0.39, 0.29) is 22.0 Å². The highest BCUT2D eigenvalue weighted by Gasteiger charge is 2.17. The van der Waals surface area contributed by atoms with Gasteiger partial charge in [-0.25, -0.2) is 17.9 Å². The first-order valence-electron chi connectivity index (χ1n) is 5.44. The summed E-state index contributed by atoms with van der Waals surface area (Å²) in [4.78, 5) is 10.7. The number of aromatic carboxylic acids is 1. The number of carboxylic acid groups (broad SMARTS) is 1. The largest absolute Gasteiger partial charge is 0.478 e. The molecule has 20 heavy (non-hydrogen) atoms. The molecule has 0 saturated heterocycles. The normalized spacial score (nSPS) is 11.4. The van der Waals surface area contributed by atoms with E-state index in [0.29, 0.717) is 0 Å². The number of benzene rings is 1. The van der Waals surface area contributed by atoms with Gasteiger partial charge in [-0.15, -0.1) is 0 Å². The summed E-state index contributed by atoms with van der Waals surface area (Å²) in [5.41, 5.74) is 0.718. The van der Waals surface area contributed by atoms with Gasteiger partial charge in [0.25, 0.3) is 0 Å². The Balaban J connectivity index is 2.21. The third-order valence-electron chi connectivity index (χ3n) is 2.53. The highest BCUT2D eigenvalue weighted by molar-refractivity contribution is 7.89. The van der Waals surface area contributed by atoms with Crippen molar-refractivity contribution in [2.24, 2.45) is 0 Å². The van der Waals surface area contributed by atoms with Gasteiger partial charge >= 0.3 is 5.97 Å². The van der Waals surface area contributed by atoms with Crippen LogP contribution in [0.25, 0.3) is 0 Å². The van der Waals surface area contributed by atoms with Gasteiger partial charge in [-0.3, -0.25) is 0 Å². The number of halogens is 1. The zero-order chi connectivity index (χ0) is 14.8. The van der Waals surface area contributed by atoms with E-state index < -0.39 is 16.0 Å². The molecule has 2 N–H and O–H groups in total. The summed E-state index contributed by atoms with van der Waals surface area (Å²) in [6.07, 6.45) is 0. The smallest absolute Gasteiger partial charge is 0.337 e. The predicted octanol–water partition coefficient (Wildman–Crippen LogP) is 2.58. The van der Waals surface area contributed by atoms with Crippen molar-refractivity contribution >= 4 is 38.9 Å². The Labute approximate surface area is 124 Å². The van der Waals surface area contributed by atoms with Crippen LogP contribution >= 0.6 is 22.9 Å². The molecule has 0 fully saturated rings. The Bertz CT molecular complexity index is 726. The van der Waals surface area contributed by atoms with Crippen molar-refractivity contribution in [3.8, 4) is 0 Å². The summed E-state index contributed by atoms with van der Waals surface area (Å²) in [5, 5.41) is 12.4. The lowest BCUT2D eigenvalue weighted by atomic mass is 10.2. The molecule has 1 heterocycles. The number of thiophene rings is 1. The maximum atomic E-state index is 12.0. The SMILES string of the molecule is O=C(O)c1ccc(S(=O)(=O)NCc2ccsc2)cc1Cl. The van der Waals surface area contributed by atoms with Crippen molar-refractivity contribution in [2.75, 3.05) is 0 Å². The number of hydrogen-bond acceptors (Lipinski definition) is 4. The number of sulfonamides is 1. The minimum absolute atomic E-state index is 0.0669. The summed E-state index contributed by atoms with van der Waals surface area (Å²) in [7, 11) is -3.72. The van der Waals surface area contributed by atoms with Gasteiger partial charge in [-0.1, -0.05) is 11.6 Å². The molecule has 0 bridgehead atoms. The minimum Gasteiger partial charge on any atom is -0.478 e. The fourth-order valence-corrected chi connectivity index (χ4v) is 3.53. The molecule has 5 nitrogen and oxygen atoms in total. The highest BCUT2D eigenvalue weighted by atomic mass is 35.5. The van der Waals surface area contributed by atoms with Crippen LogP contribution in [0, 0.1) is 0 Å². The fraction of sp³-hybridized carbons (Fsp3) is 0.0833. The van der Waals surface area contributed by atoms with Crippen LogP contribution in [0.5, 0.6) is 0 Å². The summed E-state index contributed by atoms with van der Waals surface area (Å²) in [6, 6.07) is 5.32. The number of rotatable bonds is 5. The van der Waals surface area contributed by atoms with E-state index in [1.165, 1.54) is 23.5 Å². The molecule has 0 unspecified atom stereocenters. The minimum atomic E-state index is -3.72. The lowest BCUT2D eigenvalue weighted by Crippen LogP contribution is -2.23. The van der Waals surface area contributed by atoms with Gasteiger partial charge in [0.2, 0.25) is 10.0 Å². The molecule has 0 radical (unpaired) electrons. The van der Waals surface area contributed by atoms with E-state index in [9.17, 15) is 13.2 Å². The predicted molar refractivity (Wildman–Crippen MR) is 76.8 cm³/mol. The second-order valence-electron chi connectivity index (χ2n) is 3.90. The first-order valence-corrected chi connectivity index (χ1v) is 8.24. The Kier molecular flexibility index (Phi) is 4.44. The summed E-state index contributed by atoms with van der Waals surface area (Å²) < 4.78 is 26.5. The van der Waals surface area contributed by atoms with E-state index in [1.807, 2.05) is 16.8 Å². The van der Waals surface area contributed by atoms with E-state index >= 15 is 0 Å². The number of nitrogens with one attached hydrogen (secondary N) is 1. The highest BCUT2D eigenvalue weighted by Crippen LogP contribution is 2.21. The second-order valence-corrected chi connectivity index (χ2v) is 6.86.